The second-order valence-electron chi connectivity index (χ2n) is 6.60. The Morgan fingerprint density at radius 2 is 2.17 bits per heavy atom. The standard InChI is InChI=1S/C18H23N5O/c1-12-7-17-15(8-18(20)24-17)23(10-12)16-9-21-5-4-14(16)22-6-2-3-13(19)11-22/h4-5,7-10,13,18H,2-3,6,11,19-20H2,1H3/t13-,18?/m1/s1. The molecular weight excluding hydrogens is 302 g/mol. The number of allylic oxidation sites excluding steroid dienone is 2. The van der Waals surface area contributed by atoms with Gasteiger partial charge in [-0.1, -0.05) is 0 Å². The van der Waals surface area contributed by atoms with Crippen molar-refractivity contribution in [2.75, 3.05) is 22.9 Å². The molecule has 0 spiro atoms. The second kappa shape index (κ2) is 5.96. The summed E-state index contributed by atoms with van der Waals surface area (Å²) in [5, 5.41) is 0. The van der Waals surface area contributed by atoms with Gasteiger partial charge in [-0.2, -0.15) is 0 Å². The van der Waals surface area contributed by atoms with Crippen molar-refractivity contribution in [3.63, 3.8) is 0 Å². The lowest BCUT2D eigenvalue weighted by Gasteiger charge is -2.36. The largest absolute Gasteiger partial charge is 0.470 e. The van der Waals surface area contributed by atoms with Crippen LogP contribution in [0, 0.1) is 0 Å². The number of hydrogen-bond acceptors (Lipinski definition) is 6. The van der Waals surface area contributed by atoms with Gasteiger partial charge in [-0.15, -0.1) is 0 Å². The Balaban J connectivity index is 1.74. The van der Waals surface area contributed by atoms with E-state index in [-0.39, 0.29) is 6.04 Å². The minimum Gasteiger partial charge on any atom is -0.470 e. The summed E-state index contributed by atoms with van der Waals surface area (Å²) in [6.07, 6.45) is 11.6. The third kappa shape index (κ3) is 2.68. The van der Waals surface area contributed by atoms with E-state index in [9.17, 15) is 0 Å². The maximum atomic E-state index is 6.18. The molecule has 0 radical (unpaired) electrons. The summed E-state index contributed by atoms with van der Waals surface area (Å²) in [7, 11) is 0. The molecule has 1 fully saturated rings. The van der Waals surface area contributed by atoms with Crippen molar-refractivity contribution in [3.8, 4) is 0 Å². The smallest absolute Gasteiger partial charge is 0.169 e. The Morgan fingerprint density at radius 1 is 1.29 bits per heavy atom. The maximum absolute atomic E-state index is 6.18. The number of aromatic nitrogens is 1. The highest BCUT2D eigenvalue weighted by Crippen LogP contribution is 2.39. The minimum atomic E-state index is -0.406. The van der Waals surface area contributed by atoms with E-state index in [1.165, 1.54) is 0 Å². The molecule has 0 aromatic carbocycles. The van der Waals surface area contributed by atoms with Gasteiger partial charge in [0, 0.05) is 31.5 Å². The Labute approximate surface area is 142 Å². The predicted molar refractivity (Wildman–Crippen MR) is 95.1 cm³/mol. The van der Waals surface area contributed by atoms with Gasteiger partial charge in [0.25, 0.3) is 0 Å². The highest BCUT2D eigenvalue weighted by molar-refractivity contribution is 5.76. The van der Waals surface area contributed by atoms with Gasteiger partial charge in [-0.25, -0.2) is 0 Å². The first-order chi connectivity index (χ1) is 11.6. The number of hydrogen-bond donors (Lipinski definition) is 2. The molecule has 4 rings (SSSR count). The monoisotopic (exact) mass is 325 g/mol. The Morgan fingerprint density at radius 3 is 3.00 bits per heavy atom. The van der Waals surface area contributed by atoms with Crippen LogP contribution in [0.25, 0.3) is 0 Å². The van der Waals surface area contributed by atoms with Crippen molar-refractivity contribution in [1.29, 1.82) is 0 Å². The van der Waals surface area contributed by atoms with Crippen LogP contribution in [0.15, 0.2) is 53.8 Å². The van der Waals surface area contributed by atoms with Crippen LogP contribution >= 0.6 is 0 Å². The molecule has 4 heterocycles. The van der Waals surface area contributed by atoms with Crippen LogP contribution in [-0.2, 0) is 4.74 Å². The molecule has 4 N–H and O–H groups in total. The van der Waals surface area contributed by atoms with Crippen molar-refractivity contribution in [3.05, 3.63) is 53.8 Å². The fourth-order valence-corrected chi connectivity index (χ4v) is 3.56. The summed E-state index contributed by atoms with van der Waals surface area (Å²) in [5.41, 5.74) is 16.4. The maximum Gasteiger partial charge on any atom is 0.169 e. The average molecular weight is 325 g/mol. The zero-order chi connectivity index (χ0) is 16.7. The average Bonchev–Trinajstić information content (AvgIpc) is 2.94. The molecule has 6 nitrogen and oxygen atoms in total. The first-order valence-corrected chi connectivity index (χ1v) is 8.40. The van der Waals surface area contributed by atoms with E-state index in [4.69, 9.17) is 16.2 Å². The van der Waals surface area contributed by atoms with Gasteiger partial charge in [0.15, 0.2) is 6.23 Å². The van der Waals surface area contributed by atoms with Gasteiger partial charge in [0.2, 0.25) is 0 Å². The van der Waals surface area contributed by atoms with Gasteiger partial charge in [-0.05, 0) is 43.6 Å². The van der Waals surface area contributed by atoms with Crippen molar-refractivity contribution in [1.82, 2.24) is 4.98 Å². The van der Waals surface area contributed by atoms with Gasteiger partial charge < -0.3 is 20.3 Å². The van der Waals surface area contributed by atoms with Crippen molar-refractivity contribution < 1.29 is 4.74 Å². The first-order valence-electron chi connectivity index (χ1n) is 8.40. The lowest BCUT2D eigenvalue weighted by Crippen LogP contribution is -2.43. The number of ether oxygens (including phenoxy) is 1. The van der Waals surface area contributed by atoms with Crippen LogP contribution < -0.4 is 21.3 Å². The molecule has 1 aromatic rings. The molecule has 2 atom stereocenters. The number of anilines is 2. The molecule has 0 aliphatic carbocycles. The summed E-state index contributed by atoms with van der Waals surface area (Å²) in [5.74, 6) is 0.813. The zero-order valence-corrected chi connectivity index (χ0v) is 13.9. The molecule has 0 bridgehead atoms. The summed E-state index contributed by atoms with van der Waals surface area (Å²) in [6.45, 7) is 3.93. The molecule has 3 aliphatic rings. The lowest BCUT2D eigenvalue weighted by atomic mass is 10.1. The quantitative estimate of drug-likeness (QED) is 0.863. The van der Waals surface area contributed by atoms with Gasteiger partial charge >= 0.3 is 0 Å². The molecule has 126 valence electrons. The van der Waals surface area contributed by atoms with Crippen LogP contribution in [0.1, 0.15) is 19.8 Å². The van der Waals surface area contributed by atoms with Crippen LogP contribution in [0.3, 0.4) is 0 Å². The SMILES string of the molecule is CC1=CN(c2cnccc2N2CCC[C@@H](N)C2)C2=CC(N)OC2=C1. The van der Waals surface area contributed by atoms with Gasteiger partial charge in [0.1, 0.15) is 5.76 Å². The number of pyridine rings is 1. The summed E-state index contributed by atoms with van der Waals surface area (Å²) >= 11 is 0. The molecule has 0 amide bonds. The summed E-state index contributed by atoms with van der Waals surface area (Å²) < 4.78 is 5.70. The number of rotatable bonds is 2. The number of nitrogens with two attached hydrogens (primary N) is 2. The van der Waals surface area contributed by atoms with E-state index in [0.717, 1.165) is 54.3 Å². The highest BCUT2D eigenvalue weighted by Gasteiger charge is 2.30. The van der Waals surface area contributed by atoms with E-state index in [1.807, 2.05) is 24.5 Å². The van der Waals surface area contributed by atoms with E-state index in [0.29, 0.717) is 0 Å². The molecule has 0 saturated carbocycles. The number of nitrogens with zero attached hydrogens (tertiary/aromatic N) is 3. The number of piperidine rings is 1. The third-order valence-corrected chi connectivity index (χ3v) is 4.62. The topological polar surface area (TPSA) is 80.6 Å². The Hall–Kier alpha value is -2.31. The molecule has 1 saturated heterocycles. The van der Waals surface area contributed by atoms with Crippen LogP contribution in [0.2, 0.25) is 0 Å². The molecular formula is C18H23N5O. The fraction of sp³-hybridized carbons (Fsp3) is 0.389. The van der Waals surface area contributed by atoms with Crippen molar-refractivity contribution >= 4 is 11.4 Å². The third-order valence-electron chi connectivity index (χ3n) is 4.62. The van der Waals surface area contributed by atoms with Crippen LogP contribution in [0.5, 0.6) is 0 Å². The Kier molecular flexibility index (Phi) is 3.78. The molecule has 6 heteroatoms. The van der Waals surface area contributed by atoms with E-state index in [2.05, 4.69) is 34.0 Å². The summed E-state index contributed by atoms with van der Waals surface area (Å²) in [6, 6.07) is 2.28. The molecule has 24 heavy (non-hydrogen) atoms. The Bertz CT molecular complexity index is 739. The molecule has 3 aliphatic heterocycles. The van der Waals surface area contributed by atoms with Crippen LogP contribution in [-0.4, -0.2) is 30.3 Å². The van der Waals surface area contributed by atoms with Gasteiger partial charge in [-0.3, -0.25) is 10.7 Å². The second-order valence-corrected chi connectivity index (χ2v) is 6.60. The van der Waals surface area contributed by atoms with Gasteiger partial charge in [0.05, 0.1) is 23.3 Å². The van der Waals surface area contributed by atoms with Crippen molar-refractivity contribution in [2.45, 2.75) is 32.0 Å². The van der Waals surface area contributed by atoms with Crippen molar-refractivity contribution in [2.24, 2.45) is 11.5 Å². The zero-order valence-electron chi connectivity index (χ0n) is 13.9. The van der Waals surface area contributed by atoms with Crippen LogP contribution in [0.4, 0.5) is 11.4 Å². The minimum absolute atomic E-state index is 0.219. The first kappa shape index (κ1) is 15.2. The van der Waals surface area contributed by atoms with E-state index in [1.54, 1.807) is 0 Å². The highest BCUT2D eigenvalue weighted by atomic mass is 16.5. The van der Waals surface area contributed by atoms with E-state index < -0.39 is 6.23 Å². The normalized spacial score (nSPS) is 26.4. The van der Waals surface area contributed by atoms with E-state index >= 15 is 0 Å². The molecule has 1 unspecified atom stereocenters. The number of fused-ring (bicyclic) bond motifs is 1. The predicted octanol–water partition coefficient (Wildman–Crippen LogP) is 1.82. The summed E-state index contributed by atoms with van der Waals surface area (Å²) in [4.78, 5) is 8.82. The lowest BCUT2D eigenvalue weighted by molar-refractivity contribution is 0.186. The fourth-order valence-electron chi connectivity index (χ4n) is 3.56. The molecule has 1 aromatic heterocycles.